The van der Waals surface area contributed by atoms with Gasteiger partial charge in [-0.25, -0.2) is 14.4 Å². The van der Waals surface area contributed by atoms with E-state index in [1.54, 1.807) is 25.3 Å². The standard InChI is InChI=1S/C24H25FN6O3/c1-31(2)8-4-5-23(32)30-21-12-18-20(13-22(21)34-10-9-33-3)27-15-28-24(18)29-17-6-7-19(25)16(11-17)14-26/h4-7,11-13,15H,8-10H2,1-3H3,(H,30,32)(H,27,28,29)/b5-4+. The summed E-state index contributed by atoms with van der Waals surface area (Å²) in [6.07, 6.45) is 4.57. The summed E-state index contributed by atoms with van der Waals surface area (Å²) in [5, 5.41) is 15.6. The Morgan fingerprint density at radius 3 is 2.79 bits per heavy atom. The summed E-state index contributed by atoms with van der Waals surface area (Å²) in [5.41, 5.74) is 1.39. The molecular formula is C24H25FN6O3. The van der Waals surface area contributed by atoms with E-state index in [9.17, 15) is 9.18 Å². The van der Waals surface area contributed by atoms with Crippen molar-refractivity contribution in [2.45, 2.75) is 0 Å². The van der Waals surface area contributed by atoms with Crippen LogP contribution >= 0.6 is 0 Å². The molecule has 2 aromatic carbocycles. The van der Waals surface area contributed by atoms with Gasteiger partial charge in [-0.3, -0.25) is 4.79 Å². The number of halogens is 1. The molecule has 3 rings (SSSR count). The third kappa shape index (κ3) is 6.48. The maximum atomic E-state index is 13.7. The molecule has 1 aromatic heterocycles. The van der Waals surface area contributed by atoms with Gasteiger partial charge in [-0.2, -0.15) is 5.26 Å². The first kappa shape index (κ1) is 24.6. The fourth-order valence-electron chi connectivity index (χ4n) is 3.01. The molecule has 10 heteroatoms. The SMILES string of the molecule is COCCOc1cc2ncnc(Nc3ccc(F)c(C#N)c3)c2cc1NC(=O)/C=C/CN(C)C. The third-order valence-corrected chi connectivity index (χ3v) is 4.63. The van der Waals surface area contributed by atoms with Gasteiger partial charge in [0.05, 0.1) is 23.4 Å². The number of nitriles is 1. The Bertz CT molecular complexity index is 1240. The zero-order valence-electron chi connectivity index (χ0n) is 19.1. The highest BCUT2D eigenvalue weighted by Crippen LogP contribution is 2.33. The Hall–Kier alpha value is -4.07. The van der Waals surface area contributed by atoms with Crippen LogP contribution in [0, 0.1) is 17.1 Å². The van der Waals surface area contributed by atoms with E-state index < -0.39 is 5.82 Å². The number of carbonyl (C=O) groups excluding carboxylic acids is 1. The van der Waals surface area contributed by atoms with E-state index in [0.29, 0.717) is 47.0 Å². The highest BCUT2D eigenvalue weighted by atomic mass is 19.1. The molecule has 0 fully saturated rings. The van der Waals surface area contributed by atoms with Crippen LogP contribution in [-0.4, -0.2) is 61.7 Å². The van der Waals surface area contributed by atoms with E-state index in [-0.39, 0.29) is 18.1 Å². The van der Waals surface area contributed by atoms with Crippen LogP contribution in [0.2, 0.25) is 0 Å². The summed E-state index contributed by atoms with van der Waals surface area (Å²) in [4.78, 5) is 23.0. The van der Waals surface area contributed by atoms with Crippen molar-refractivity contribution in [3.8, 4) is 11.8 Å². The molecule has 3 aromatic rings. The van der Waals surface area contributed by atoms with Crippen molar-refractivity contribution in [1.82, 2.24) is 14.9 Å². The normalized spacial score (nSPS) is 11.1. The van der Waals surface area contributed by atoms with Gasteiger partial charge in [0.15, 0.2) is 0 Å². The van der Waals surface area contributed by atoms with Crippen molar-refractivity contribution >= 4 is 34.0 Å². The summed E-state index contributed by atoms with van der Waals surface area (Å²) in [6, 6.07) is 9.31. The number of carbonyl (C=O) groups is 1. The number of rotatable bonds is 10. The molecule has 0 saturated carbocycles. The number of amides is 1. The first-order chi connectivity index (χ1) is 16.4. The monoisotopic (exact) mass is 464 g/mol. The molecule has 0 saturated heterocycles. The van der Waals surface area contributed by atoms with Gasteiger partial charge in [-0.05, 0) is 38.4 Å². The van der Waals surface area contributed by atoms with E-state index >= 15 is 0 Å². The molecule has 1 amide bonds. The molecule has 1 heterocycles. The lowest BCUT2D eigenvalue weighted by atomic mass is 10.1. The van der Waals surface area contributed by atoms with E-state index in [0.717, 1.165) is 0 Å². The van der Waals surface area contributed by atoms with Crippen LogP contribution in [0.5, 0.6) is 5.75 Å². The quantitative estimate of drug-likeness (QED) is 0.347. The molecule has 0 spiro atoms. The number of hydrogen-bond acceptors (Lipinski definition) is 8. The topological polar surface area (TPSA) is 112 Å². The number of likely N-dealkylation sites (N-methyl/N-ethyl adjacent to an activating group) is 1. The molecule has 0 aliphatic rings. The molecule has 0 aliphatic carbocycles. The first-order valence-corrected chi connectivity index (χ1v) is 10.4. The lowest BCUT2D eigenvalue weighted by Gasteiger charge is -2.15. The van der Waals surface area contributed by atoms with Gasteiger partial charge in [-0.1, -0.05) is 6.08 Å². The third-order valence-electron chi connectivity index (χ3n) is 4.63. The second-order valence-electron chi connectivity index (χ2n) is 7.51. The molecule has 0 atom stereocenters. The molecule has 0 radical (unpaired) electrons. The fraction of sp³-hybridized carbons (Fsp3) is 0.250. The van der Waals surface area contributed by atoms with Gasteiger partial charge in [0.2, 0.25) is 5.91 Å². The van der Waals surface area contributed by atoms with Gasteiger partial charge in [-0.15, -0.1) is 0 Å². The Labute approximate surface area is 196 Å². The van der Waals surface area contributed by atoms with Gasteiger partial charge < -0.3 is 25.0 Å². The highest BCUT2D eigenvalue weighted by Gasteiger charge is 2.14. The van der Waals surface area contributed by atoms with E-state index in [2.05, 4.69) is 20.6 Å². The van der Waals surface area contributed by atoms with Crippen molar-refractivity contribution < 1.29 is 18.7 Å². The van der Waals surface area contributed by atoms with Crippen LogP contribution in [0.1, 0.15) is 5.56 Å². The van der Waals surface area contributed by atoms with E-state index in [4.69, 9.17) is 14.7 Å². The highest BCUT2D eigenvalue weighted by molar-refractivity contribution is 6.03. The van der Waals surface area contributed by atoms with Crippen LogP contribution in [0.4, 0.5) is 21.6 Å². The summed E-state index contributed by atoms with van der Waals surface area (Å²) in [7, 11) is 5.38. The number of hydrogen-bond donors (Lipinski definition) is 2. The molecule has 0 bridgehead atoms. The van der Waals surface area contributed by atoms with Crippen LogP contribution in [0.25, 0.3) is 10.9 Å². The average molecular weight is 465 g/mol. The Morgan fingerprint density at radius 1 is 1.24 bits per heavy atom. The lowest BCUT2D eigenvalue weighted by molar-refractivity contribution is -0.111. The van der Waals surface area contributed by atoms with Gasteiger partial charge >= 0.3 is 0 Å². The average Bonchev–Trinajstić information content (AvgIpc) is 2.81. The number of fused-ring (bicyclic) bond motifs is 1. The minimum atomic E-state index is -0.606. The smallest absolute Gasteiger partial charge is 0.248 e. The maximum absolute atomic E-state index is 13.7. The number of benzene rings is 2. The van der Waals surface area contributed by atoms with Gasteiger partial charge in [0.1, 0.15) is 36.4 Å². The van der Waals surface area contributed by atoms with Crippen LogP contribution in [0.15, 0.2) is 48.8 Å². The second-order valence-corrected chi connectivity index (χ2v) is 7.51. The number of methoxy groups -OCH3 is 1. The summed E-state index contributed by atoms with van der Waals surface area (Å²) >= 11 is 0. The minimum absolute atomic E-state index is 0.0883. The predicted molar refractivity (Wildman–Crippen MR) is 128 cm³/mol. The van der Waals surface area contributed by atoms with Crippen LogP contribution in [0.3, 0.4) is 0 Å². The zero-order chi connectivity index (χ0) is 24.5. The second kappa shape index (κ2) is 11.7. The number of nitrogens with zero attached hydrogens (tertiary/aromatic N) is 4. The lowest BCUT2D eigenvalue weighted by Crippen LogP contribution is -2.14. The van der Waals surface area contributed by atoms with Crippen molar-refractivity contribution in [3.05, 3.63) is 60.2 Å². The summed E-state index contributed by atoms with van der Waals surface area (Å²) in [6.45, 7) is 1.27. The summed E-state index contributed by atoms with van der Waals surface area (Å²) in [5.74, 6) is -0.0770. The zero-order valence-corrected chi connectivity index (χ0v) is 19.1. The summed E-state index contributed by atoms with van der Waals surface area (Å²) < 4.78 is 24.5. The molecule has 9 nitrogen and oxygen atoms in total. The largest absolute Gasteiger partial charge is 0.489 e. The number of aromatic nitrogens is 2. The predicted octanol–water partition coefficient (Wildman–Crippen LogP) is 3.47. The Kier molecular flexibility index (Phi) is 8.45. The molecule has 0 unspecified atom stereocenters. The van der Waals surface area contributed by atoms with Crippen molar-refractivity contribution in [2.75, 3.05) is 51.6 Å². The van der Waals surface area contributed by atoms with Gasteiger partial charge in [0.25, 0.3) is 0 Å². The number of anilines is 3. The Balaban J connectivity index is 1.97. The molecule has 176 valence electrons. The number of ether oxygens (including phenoxy) is 2. The molecule has 2 N–H and O–H groups in total. The van der Waals surface area contributed by atoms with Crippen LogP contribution < -0.4 is 15.4 Å². The van der Waals surface area contributed by atoms with Crippen molar-refractivity contribution in [1.29, 1.82) is 5.26 Å². The van der Waals surface area contributed by atoms with E-state index in [1.807, 2.05) is 25.1 Å². The van der Waals surface area contributed by atoms with Crippen molar-refractivity contribution in [3.63, 3.8) is 0 Å². The minimum Gasteiger partial charge on any atom is -0.489 e. The fourth-order valence-corrected chi connectivity index (χ4v) is 3.01. The first-order valence-electron chi connectivity index (χ1n) is 10.4. The van der Waals surface area contributed by atoms with Crippen LogP contribution in [-0.2, 0) is 9.53 Å². The molecule has 0 aliphatic heterocycles. The van der Waals surface area contributed by atoms with Crippen molar-refractivity contribution in [2.24, 2.45) is 0 Å². The number of nitrogens with one attached hydrogen (secondary N) is 2. The van der Waals surface area contributed by atoms with Gasteiger partial charge in [0, 0.05) is 36.9 Å². The molecular weight excluding hydrogens is 439 g/mol. The maximum Gasteiger partial charge on any atom is 0.248 e. The van der Waals surface area contributed by atoms with E-state index in [1.165, 1.54) is 30.6 Å². The molecule has 34 heavy (non-hydrogen) atoms. The Morgan fingerprint density at radius 2 is 2.06 bits per heavy atom.